The van der Waals surface area contributed by atoms with Crippen molar-refractivity contribution in [2.24, 2.45) is 0 Å². The van der Waals surface area contributed by atoms with Gasteiger partial charge >= 0.3 is 6.18 Å². The van der Waals surface area contributed by atoms with Crippen molar-refractivity contribution < 1.29 is 27.4 Å². The van der Waals surface area contributed by atoms with Crippen LogP contribution in [0.15, 0.2) is 71.5 Å². The molecular formula is C29H25ClF4N2O3. The summed E-state index contributed by atoms with van der Waals surface area (Å²) in [5.74, 6) is -0.228. The van der Waals surface area contributed by atoms with Gasteiger partial charge in [-0.3, -0.25) is 9.36 Å². The number of ether oxygens (including phenoxy) is 1. The zero-order valence-electron chi connectivity index (χ0n) is 21.2. The highest BCUT2D eigenvalue weighted by Crippen LogP contribution is 2.57. The van der Waals surface area contributed by atoms with Gasteiger partial charge in [0.25, 0.3) is 5.56 Å². The lowest BCUT2D eigenvalue weighted by Crippen LogP contribution is -2.58. The molecule has 204 valence electrons. The lowest BCUT2D eigenvalue weighted by Gasteiger charge is -2.49. The van der Waals surface area contributed by atoms with E-state index in [1.807, 2.05) is 0 Å². The quantitative estimate of drug-likeness (QED) is 0.266. The first-order chi connectivity index (χ1) is 18.3. The van der Waals surface area contributed by atoms with Crippen molar-refractivity contribution in [3.8, 4) is 11.4 Å². The highest BCUT2D eigenvalue weighted by Gasteiger charge is 2.64. The van der Waals surface area contributed by atoms with E-state index in [1.165, 1.54) is 60.2 Å². The van der Waals surface area contributed by atoms with E-state index in [0.717, 1.165) is 0 Å². The molecule has 0 spiro atoms. The lowest BCUT2D eigenvalue weighted by molar-refractivity contribution is -0.275. The first-order valence-corrected chi connectivity index (χ1v) is 12.5. The van der Waals surface area contributed by atoms with Crippen molar-refractivity contribution in [3.05, 3.63) is 99.1 Å². The van der Waals surface area contributed by atoms with Gasteiger partial charge in [0.1, 0.15) is 11.6 Å². The van der Waals surface area contributed by atoms with Gasteiger partial charge in [0, 0.05) is 28.4 Å². The third-order valence-electron chi connectivity index (χ3n) is 7.34. The number of rotatable bonds is 4. The molecule has 0 radical (unpaired) electrons. The van der Waals surface area contributed by atoms with Gasteiger partial charge in [0.2, 0.25) is 0 Å². The second kappa shape index (κ2) is 9.27. The van der Waals surface area contributed by atoms with E-state index in [1.54, 1.807) is 32.0 Å². The smallest absolute Gasteiger partial charge is 0.419 e. The predicted molar refractivity (Wildman–Crippen MR) is 143 cm³/mol. The number of aromatic nitrogens is 1. The summed E-state index contributed by atoms with van der Waals surface area (Å²) in [6, 6.07) is 14.2. The van der Waals surface area contributed by atoms with E-state index in [0.29, 0.717) is 22.2 Å². The third kappa shape index (κ3) is 4.33. The van der Waals surface area contributed by atoms with E-state index < -0.39 is 41.0 Å². The molecule has 0 bridgehead atoms. The molecule has 1 aromatic heterocycles. The molecule has 39 heavy (non-hydrogen) atoms. The van der Waals surface area contributed by atoms with E-state index in [4.69, 9.17) is 16.3 Å². The molecule has 2 unspecified atom stereocenters. The minimum absolute atomic E-state index is 0.191. The highest BCUT2D eigenvalue weighted by atomic mass is 35.5. The first kappa shape index (κ1) is 27.0. The number of benzene rings is 3. The summed E-state index contributed by atoms with van der Waals surface area (Å²) >= 11 is 6.35. The molecule has 0 fully saturated rings. The fourth-order valence-corrected chi connectivity index (χ4v) is 5.94. The average Bonchev–Trinajstić information content (AvgIpc) is 2.86. The van der Waals surface area contributed by atoms with Crippen LogP contribution in [-0.4, -0.2) is 28.6 Å². The van der Waals surface area contributed by atoms with Crippen LogP contribution in [0.25, 0.3) is 16.6 Å². The molecule has 2 atom stereocenters. The van der Waals surface area contributed by atoms with Crippen LogP contribution >= 0.6 is 11.6 Å². The van der Waals surface area contributed by atoms with Crippen LogP contribution in [0.1, 0.15) is 37.4 Å². The molecule has 0 saturated heterocycles. The van der Waals surface area contributed by atoms with Gasteiger partial charge in [-0.05, 0) is 65.9 Å². The SMILES string of the molecule is COc1c(Cl)ccc2c1C(C)(C)CC(O)(C(F)(F)F)C2Nc1cccc2c1ccc(=O)n2-c1ccc(F)cc1. The lowest BCUT2D eigenvalue weighted by atomic mass is 9.63. The highest BCUT2D eigenvalue weighted by molar-refractivity contribution is 6.32. The number of aliphatic hydroxyl groups is 1. The van der Waals surface area contributed by atoms with Crippen LogP contribution in [0.5, 0.6) is 5.75 Å². The second-order valence-corrected chi connectivity index (χ2v) is 10.7. The number of nitrogens with zero attached hydrogens (tertiary/aromatic N) is 1. The van der Waals surface area contributed by atoms with Crippen LogP contribution in [0.4, 0.5) is 23.2 Å². The molecule has 0 amide bonds. The zero-order chi connectivity index (χ0) is 28.3. The van der Waals surface area contributed by atoms with Crippen molar-refractivity contribution in [1.29, 1.82) is 0 Å². The van der Waals surface area contributed by atoms with Crippen molar-refractivity contribution in [1.82, 2.24) is 4.57 Å². The van der Waals surface area contributed by atoms with Gasteiger partial charge < -0.3 is 15.2 Å². The number of nitrogens with one attached hydrogen (secondary N) is 1. The number of alkyl halides is 3. The van der Waals surface area contributed by atoms with Crippen molar-refractivity contribution in [2.75, 3.05) is 12.4 Å². The van der Waals surface area contributed by atoms with Gasteiger partial charge in [-0.2, -0.15) is 13.2 Å². The maximum absolute atomic E-state index is 14.6. The van der Waals surface area contributed by atoms with Gasteiger partial charge in [-0.1, -0.05) is 37.6 Å². The Hall–Kier alpha value is -3.56. The number of fused-ring (bicyclic) bond motifs is 2. The zero-order valence-corrected chi connectivity index (χ0v) is 22.0. The second-order valence-electron chi connectivity index (χ2n) is 10.3. The number of pyridine rings is 1. The fourth-order valence-electron chi connectivity index (χ4n) is 5.70. The average molecular weight is 561 g/mol. The number of halogens is 5. The van der Waals surface area contributed by atoms with Crippen molar-refractivity contribution in [3.63, 3.8) is 0 Å². The van der Waals surface area contributed by atoms with E-state index in [2.05, 4.69) is 5.32 Å². The standard InChI is InChI=1S/C29H25ClF4N2O3/c1-27(2)15-28(38,29(32,33)34)26(19-11-13-20(30)25(39-3)24(19)27)35-21-5-4-6-22-18(21)12-14-23(37)36(22)17-9-7-16(31)8-10-17/h4-14,26,35,38H,15H2,1-3H3. The number of hydrogen-bond acceptors (Lipinski definition) is 4. The van der Waals surface area contributed by atoms with Gasteiger partial charge in [-0.15, -0.1) is 0 Å². The Kier molecular flexibility index (Phi) is 6.43. The molecule has 5 nitrogen and oxygen atoms in total. The topological polar surface area (TPSA) is 63.5 Å². The van der Waals surface area contributed by atoms with Crippen LogP contribution in [0.3, 0.4) is 0 Å². The predicted octanol–water partition coefficient (Wildman–Crippen LogP) is 6.92. The van der Waals surface area contributed by atoms with E-state index in [-0.39, 0.29) is 22.0 Å². The molecular weight excluding hydrogens is 536 g/mol. The number of anilines is 1. The minimum Gasteiger partial charge on any atom is -0.495 e. The Morgan fingerprint density at radius 3 is 2.38 bits per heavy atom. The number of hydrogen-bond donors (Lipinski definition) is 2. The molecule has 10 heteroatoms. The monoisotopic (exact) mass is 560 g/mol. The van der Waals surface area contributed by atoms with E-state index >= 15 is 0 Å². The van der Waals surface area contributed by atoms with Crippen LogP contribution < -0.4 is 15.6 Å². The minimum atomic E-state index is -4.99. The summed E-state index contributed by atoms with van der Waals surface area (Å²) in [5, 5.41) is 15.0. The summed E-state index contributed by atoms with van der Waals surface area (Å²) < 4.78 is 64.3. The molecule has 0 aliphatic heterocycles. The van der Waals surface area contributed by atoms with Crippen molar-refractivity contribution >= 4 is 28.2 Å². The molecule has 1 heterocycles. The Morgan fingerprint density at radius 2 is 1.74 bits per heavy atom. The molecule has 4 aromatic rings. The van der Waals surface area contributed by atoms with Crippen LogP contribution in [-0.2, 0) is 5.41 Å². The fraction of sp³-hybridized carbons (Fsp3) is 0.276. The molecule has 1 aliphatic carbocycles. The molecule has 5 rings (SSSR count). The summed E-state index contributed by atoms with van der Waals surface area (Å²) in [5.41, 5.74) is -3.01. The summed E-state index contributed by atoms with van der Waals surface area (Å²) in [7, 11) is 1.39. The maximum Gasteiger partial charge on any atom is 0.419 e. The van der Waals surface area contributed by atoms with E-state index in [9.17, 15) is 27.5 Å². The van der Waals surface area contributed by atoms with Gasteiger partial charge in [0.05, 0.1) is 23.7 Å². The summed E-state index contributed by atoms with van der Waals surface area (Å²) in [6.07, 6.45) is -5.65. The summed E-state index contributed by atoms with van der Waals surface area (Å²) in [6.45, 7) is 3.22. The molecule has 0 saturated carbocycles. The molecule has 1 aliphatic rings. The first-order valence-electron chi connectivity index (χ1n) is 12.1. The van der Waals surface area contributed by atoms with Crippen LogP contribution in [0, 0.1) is 5.82 Å². The number of methoxy groups -OCH3 is 1. The Labute approximate surface area is 226 Å². The normalized spacial score (nSPS) is 20.5. The van der Waals surface area contributed by atoms with Gasteiger partial charge in [-0.25, -0.2) is 4.39 Å². The summed E-state index contributed by atoms with van der Waals surface area (Å²) in [4.78, 5) is 12.8. The molecule has 2 N–H and O–H groups in total. The third-order valence-corrected chi connectivity index (χ3v) is 7.63. The molecule has 3 aromatic carbocycles. The maximum atomic E-state index is 14.6. The largest absolute Gasteiger partial charge is 0.495 e. The van der Waals surface area contributed by atoms with Crippen LogP contribution in [0.2, 0.25) is 5.02 Å². The Bertz CT molecular complexity index is 1630. The Balaban J connectivity index is 1.74. The van der Waals surface area contributed by atoms with Gasteiger partial charge in [0.15, 0.2) is 5.60 Å². The Morgan fingerprint density at radius 1 is 1.05 bits per heavy atom. The van der Waals surface area contributed by atoms with Crippen molar-refractivity contribution in [2.45, 2.75) is 43.5 Å².